The fourth-order valence-electron chi connectivity index (χ4n) is 2.02. The van der Waals surface area contributed by atoms with Gasteiger partial charge in [0.25, 0.3) is 0 Å². The van der Waals surface area contributed by atoms with Gasteiger partial charge < -0.3 is 9.53 Å². The summed E-state index contributed by atoms with van der Waals surface area (Å²) < 4.78 is 5.57. The molecule has 10 radical (unpaired) electrons. The average molecular weight is 339 g/mol. The van der Waals surface area contributed by atoms with E-state index in [0.29, 0.717) is 18.4 Å². The zero-order valence-electron chi connectivity index (χ0n) is 13.1. The second-order valence-electron chi connectivity index (χ2n) is 6.10. The van der Waals surface area contributed by atoms with Gasteiger partial charge in [0.1, 0.15) is 12.9 Å². The molecule has 118 valence electrons. The summed E-state index contributed by atoms with van der Waals surface area (Å²) in [4.78, 5) is 15.4. The van der Waals surface area contributed by atoms with Crippen LogP contribution in [-0.2, 0) is 26.6 Å². The van der Waals surface area contributed by atoms with Crippen molar-refractivity contribution in [1.29, 1.82) is 0 Å². The maximum absolute atomic E-state index is 10.8. The smallest absolute Gasteiger partial charge is 0.192 e. The van der Waals surface area contributed by atoms with Crippen molar-refractivity contribution >= 4 is 12.2 Å². The largest absolute Gasteiger partial charge is 0.478 e. The quantitative estimate of drug-likeness (QED) is 0.573. The van der Waals surface area contributed by atoms with Crippen LogP contribution in [0.3, 0.4) is 0 Å². The first kappa shape index (κ1) is 19.7. The minimum Gasteiger partial charge on any atom is -0.478 e. The fourth-order valence-corrected chi connectivity index (χ4v) is 2.02. The van der Waals surface area contributed by atoms with Crippen molar-refractivity contribution in [1.82, 2.24) is 0 Å². The molecule has 1 aliphatic heterocycles. The molecule has 3 nitrogen and oxygen atoms in total. The molecule has 0 spiro atoms. The van der Waals surface area contributed by atoms with Crippen LogP contribution >= 0.6 is 0 Å². The Morgan fingerprint density at radius 1 is 1.09 bits per heavy atom. The minimum atomic E-state index is 0. The Bertz CT molecular complexity index is 364. The molecule has 1 unspecified atom stereocenters. The van der Waals surface area contributed by atoms with Gasteiger partial charge in [0.15, 0.2) is 5.90 Å². The number of hydrogen-bond acceptors (Lipinski definition) is 3. The second-order valence-corrected chi connectivity index (χ2v) is 6.10. The maximum Gasteiger partial charge on any atom is 0.192 e. The van der Waals surface area contributed by atoms with E-state index >= 15 is 0 Å². The molecular formula is C18H21FeNO2. The molecule has 0 aromatic carbocycles. The molecular weight excluding hydrogens is 318 g/mol. The molecule has 2 fully saturated rings. The van der Waals surface area contributed by atoms with Gasteiger partial charge in [0.2, 0.25) is 0 Å². The summed E-state index contributed by atoms with van der Waals surface area (Å²) in [5.74, 6) is 2.06. The summed E-state index contributed by atoms with van der Waals surface area (Å²) in [5, 5.41) is 0. The Balaban J connectivity index is 0.000000344. The van der Waals surface area contributed by atoms with Gasteiger partial charge in [0.05, 0.1) is 17.9 Å². The van der Waals surface area contributed by atoms with Crippen LogP contribution in [0.5, 0.6) is 0 Å². The number of hydrogen-bond donors (Lipinski definition) is 0. The number of rotatable bonds is 2. The molecule has 0 bridgehead atoms. The zero-order valence-corrected chi connectivity index (χ0v) is 14.2. The van der Waals surface area contributed by atoms with Gasteiger partial charge in [-0.25, -0.2) is 4.99 Å². The Morgan fingerprint density at radius 2 is 1.68 bits per heavy atom. The first-order valence-corrected chi connectivity index (χ1v) is 7.11. The molecule has 0 amide bonds. The third-order valence-electron chi connectivity index (χ3n) is 3.41. The van der Waals surface area contributed by atoms with Crippen molar-refractivity contribution in [2.45, 2.75) is 26.8 Å². The van der Waals surface area contributed by atoms with Crippen molar-refractivity contribution in [3.05, 3.63) is 63.2 Å². The molecule has 3 rings (SSSR count). The van der Waals surface area contributed by atoms with Gasteiger partial charge in [-0.3, -0.25) is 0 Å². The van der Waals surface area contributed by atoms with E-state index in [-0.39, 0.29) is 28.5 Å². The molecule has 0 aromatic heterocycles. The third kappa shape index (κ3) is 5.38. The van der Waals surface area contributed by atoms with E-state index in [1.165, 1.54) is 0 Å². The predicted octanol–water partition coefficient (Wildman–Crippen LogP) is 2.82. The van der Waals surface area contributed by atoms with E-state index in [0.717, 1.165) is 12.2 Å². The van der Waals surface area contributed by atoms with Crippen molar-refractivity contribution in [2.24, 2.45) is 10.4 Å². The molecule has 0 N–H and O–H groups in total. The van der Waals surface area contributed by atoms with Crippen LogP contribution in [0.4, 0.5) is 0 Å². The van der Waals surface area contributed by atoms with Crippen LogP contribution in [-0.4, -0.2) is 24.8 Å². The molecule has 1 heterocycles. The van der Waals surface area contributed by atoms with Crippen molar-refractivity contribution < 1.29 is 26.6 Å². The van der Waals surface area contributed by atoms with Gasteiger partial charge >= 0.3 is 0 Å². The van der Waals surface area contributed by atoms with Crippen LogP contribution in [0.15, 0.2) is 4.99 Å². The van der Waals surface area contributed by atoms with Crippen molar-refractivity contribution in [3.63, 3.8) is 0 Å². The topological polar surface area (TPSA) is 38.7 Å². The summed E-state index contributed by atoms with van der Waals surface area (Å²) in [7, 11) is 0. The van der Waals surface area contributed by atoms with Gasteiger partial charge in [-0.15, -0.1) is 0 Å². The molecule has 2 aliphatic carbocycles. The molecule has 3 aliphatic rings. The van der Waals surface area contributed by atoms with Gasteiger partial charge in [-0.2, -0.15) is 0 Å². The molecule has 2 saturated carbocycles. The van der Waals surface area contributed by atoms with Gasteiger partial charge in [0, 0.05) is 17.1 Å². The van der Waals surface area contributed by atoms with Crippen LogP contribution in [0.25, 0.3) is 0 Å². The minimum absolute atomic E-state index is 0. The zero-order chi connectivity index (χ0) is 15.3. The SMILES string of the molecule is CC(C)(C)C1COC([C]2[CH][CH][CH][C]2C=O)=N1.[CH]1[CH][CH][CH][CH]1.[Fe]. The van der Waals surface area contributed by atoms with Gasteiger partial charge in [-0.05, 0) is 56.8 Å². The van der Waals surface area contributed by atoms with E-state index in [2.05, 4.69) is 25.8 Å². The van der Waals surface area contributed by atoms with E-state index in [9.17, 15) is 4.79 Å². The Labute approximate surface area is 146 Å². The Kier molecular flexibility index (Phi) is 8.13. The van der Waals surface area contributed by atoms with E-state index in [1.807, 2.05) is 44.9 Å². The van der Waals surface area contributed by atoms with Crippen LogP contribution < -0.4 is 0 Å². The Morgan fingerprint density at radius 3 is 2.14 bits per heavy atom. The maximum atomic E-state index is 10.8. The molecule has 0 aromatic rings. The van der Waals surface area contributed by atoms with Crippen LogP contribution in [0.2, 0.25) is 0 Å². The van der Waals surface area contributed by atoms with Gasteiger partial charge in [-0.1, -0.05) is 20.8 Å². The fraction of sp³-hybridized carbons (Fsp3) is 0.333. The summed E-state index contributed by atoms with van der Waals surface area (Å²) in [6.45, 7) is 7.01. The van der Waals surface area contributed by atoms with Crippen LogP contribution in [0.1, 0.15) is 20.8 Å². The second kappa shape index (κ2) is 9.08. The summed E-state index contributed by atoms with van der Waals surface area (Å²) >= 11 is 0. The van der Waals surface area contributed by atoms with Crippen molar-refractivity contribution in [2.75, 3.05) is 6.61 Å². The van der Waals surface area contributed by atoms with E-state index < -0.39 is 0 Å². The summed E-state index contributed by atoms with van der Waals surface area (Å²) in [6.07, 6.45) is 16.3. The first-order chi connectivity index (χ1) is 10.0. The monoisotopic (exact) mass is 339 g/mol. The average Bonchev–Trinajstić information content (AvgIpc) is 3.19. The molecule has 4 heteroatoms. The summed E-state index contributed by atoms with van der Waals surface area (Å²) in [6, 6.07) is 0.164. The summed E-state index contributed by atoms with van der Waals surface area (Å²) in [5.41, 5.74) is 0.0929. The Hall–Kier alpha value is -0.341. The molecule has 22 heavy (non-hydrogen) atoms. The number of aliphatic imine (C=N–C) groups is 1. The third-order valence-corrected chi connectivity index (χ3v) is 3.41. The predicted molar refractivity (Wildman–Crippen MR) is 83.6 cm³/mol. The first-order valence-electron chi connectivity index (χ1n) is 7.11. The molecule has 1 atom stereocenters. The molecule has 0 saturated heterocycles. The number of aldehydes is 1. The van der Waals surface area contributed by atoms with Crippen LogP contribution in [0, 0.1) is 68.6 Å². The number of carbonyl (C=O) groups is 1. The van der Waals surface area contributed by atoms with E-state index in [4.69, 9.17) is 4.74 Å². The van der Waals surface area contributed by atoms with Crippen molar-refractivity contribution in [3.8, 4) is 0 Å². The standard InChI is InChI=1S/C13H16NO2.C5H5.Fe/c1-13(2,3)11-8-16-12(14-11)10-6-4-5-9(10)7-15;1-2-4-5-3-1;/h4-7,11H,8H2,1-3H3;1-5H;. The number of nitrogens with zero attached hydrogens (tertiary/aromatic N) is 1. The van der Waals surface area contributed by atoms with E-state index in [1.54, 1.807) is 6.42 Å². The number of carbonyl (C=O) groups excluding carboxylic acids is 1. The normalized spacial score (nSPS) is 25.8. The number of ether oxygens (including phenoxy) is 1.